The number of hydrogen-bond donors (Lipinski definition) is 1. The first-order valence-corrected chi connectivity index (χ1v) is 8.83. The molecular weight excluding hydrogens is 386 g/mol. The second-order valence-corrected chi connectivity index (χ2v) is 8.86. The van der Waals surface area contributed by atoms with Crippen LogP contribution in [0.2, 0.25) is 0 Å². The zero-order valence-corrected chi connectivity index (χ0v) is 14.7. The molecule has 1 aromatic rings. The van der Waals surface area contributed by atoms with E-state index in [0.29, 0.717) is 0 Å². The van der Waals surface area contributed by atoms with Crippen molar-refractivity contribution in [1.29, 1.82) is 0 Å². The molecule has 0 spiro atoms. The Morgan fingerprint density at radius 3 is 2.32 bits per heavy atom. The van der Waals surface area contributed by atoms with Gasteiger partial charge in [0.05, 0.1) is 5.56 Å². The minimum Gasteiger partial charge on any atom is -0.265 e. The standard InChI is InChI=1S/C15H14ClF4NO3S/c1-14(2)8-12(21-24-14)25(22,23)15(16,7-6-11(19)20)13-9(17)4-3-5-10(13)18/h3-6,8,21H,7H2,1-2H3. The quantitative estimate of drug-likeness (QED) is 0.598. The van der Waals surface area contributed by atoms with Gasteiger partial charge in [-0.3, -0.25) is 10.3 Å². The summed E-state index contributed by atoms with van der Waals surface area (Å²) in [7, 11) is -4.73. The van der Waals surface area contributed by atoms with Gasteiger partial charge in [0.1, 0.15) is 17.2 Å². The minimum atomic E-state index is -4.73. The highest BCUT2D eigenvalue weighted by atomic mass is 35.5. The van der Waals surface area contributed by atoms with E-state index in [1.165, 1.54) is 13.8 Å². The lowest BCUT2D eigenvalue weighted by atomic mass is 10.1. The van der Waals surface area contributed by atoms with Gasteiger partial charge in [-0.1, -0.05) is 17.7 Å². The van der Waals surface area contributed by atoms with E-state index in [0.717, 1.165) is 24.3 Å². The van der Waals surface area contributed by atoms with Gasteiger partial charge in [-0.15, -0.1) is 0 Å². The summed E-state index contributed by atoms with van der Waals surface area (Å²) in [6.07, 6.45) is -1.97. The molecule has 0 aromatic heterocycles. The van der Waals surface area contributed by atoms with Crippen molar-refractivity contribution in [3.8, 4) is 0 Å². The van der Waals surface area contributed by atoms with Crippen LogP contribution >= 0.6 is 11.6 Å². The molecule has 2 rings (SSSR count). The number of sulfone groups is 1. The van der Waals surface area contributed by atoms with E-state index in [-0.39, 0.29) is 6.08 Å². The van der Waals surface area contributed by atoms with Crippen molar-refractivity contribution in [2.24, 2.45) is 0 Å². The smallest absolute Gasteiger partial charge is 0.265 e. The Kier molecular flexibility index (Phi) is 5.23. The van der Waals surface area contributed by atoms with Gasteiger partial charge in [0, 0.05) is 6.42 Å². The highest BCUT2D eigenvalue weighted by Crippen LogP contribution is 2.45. The van der Waals surface area contributed by atoms with Crippen LogP contribution in [0.4, 0.5) is 17.6 Å². The van der Waals surface area contributed by atoms with Gasteiger partial charge in [0.25, 0.3) is 6.08 Å². The second kappa shape index (κ2) is 6.62. The van der Waals surface area contributed by atoms with Gasteiger partial charge in [-0.25, -0.2) is 17.2 Å². The molecule has 0 saturated carbocycles. The topological polar surface area (TPSA) is 55.4 Å². The third-order valence-electron chi connectivity index (χ3n) is 3.46. The molecule has 1 N–H and O–H groups in total. The summed E-state index contributed by atoms with van der Waals surface area (Å²) < 4.78 is 76.4. The van der Waals surface area contributed by atoms with Gasteiger partial charge in [-0.2, -0.15) is 8.78 Å². The molecule has 1 aromatic carbocycles. The molecule has 1 aliphatic heterocycles. The molecule has 0 bridgehead atoms. The fourth-order valence-electron chi connectivity index (χ4n) is 2.27. The van der Waals surface area contributed by atoms with Gasteiger partial charge in [-0.05, 0) is 38.1 Å². The van der Waals surface area contributed by atoms with E-state index in [1.807, 2.05) is 0 Å². The third-order valence-corrected chi connectivity index (χ3v) is 6.42. The number of hydrogen-bond acceptors (Lipinski definition) is 4. The van der Waals surface area contributed by atoms with Crippen LogP contribution in [0.15, 0.2) is 41.5 Å². The Morgan fingerprint density at radius 2 is 1.88 bits per heavy atom. The lowest BCUT2D eigenvalue weighted by Crippen LogP contribution is -2.35. The van der Waals surface area contributed by atoms with Gasteiger partial charge >= 0.3 is 0 Å². The molecule has 10 heteroatoms. The number of alkyl halides is 1. The van der Waals surface area contributed by atoms with Crippen molar-refractivity contribution in [2.75, 3.05) is 0 Å². The van der Waals surface area contributed by atoms with Crippen LogP contribution in [-0.4, -0.2) is 14.0 Å². The maximum Gasteiger partial charge on any atom is 0.266 e. The summed E-state index contributed by atoms with van der Waals surface area (Å²) in [4.78, 5) is 5.02. The van der Waals surface area contributed by atoms with Crippen LogP contribution in [0.5, 0.6) is 0 Å². The van der Waals surface area contributed by atoms with Crippen LogP contribution in [0.3, 0.4) is 0 Å². The zero-order valence-electron chi connectivity index (χ0n) is 13.1. The SMILES string of the molecule is CC1(C)C=C(S(=O)(=O)C(Cl)(CC=C(F)F)c2c(F)cccc2F)NO1. The normalized spacial score (nSPS) is 18.9. The summed E-state index contributed by atoms with van der Waals surface area (Å²) in [6, 6.07) is 2.58. The monoisotopic (exact) mass is 399 g/mol. The largest absolute Gasteiger partial charge is 0.266 e. The number of halogens is 5. The van der Waals surface area contributed by atoms with Crippen LogP contribution < -0.4 is 5.48 Å². The maximum absolute atomic E-state index is 14.2. The highest BCUT2D eigenvalue weighted by Gasteiger charge is 2.50. The van der Waals surface area contributed by atoms with Crippen LogP contribution in [-0.2, 0) is 18.9 Å². The fraction of sp³-hybridized carbons (Fsp3) is 0.333. The Labute approximate surface area is 147 Å². The molecule has 1 unspecified atom stereocenters. The molecule has 1 heterocycles. The Morgan fingerprint density at radius 1 is 1.32 bits per heavy atom. The van der Waals surface area contributed by atoms with Crippen molar-refractivity contribution in [2.45, 2.75) is 30.1 Å². The summed E-state index contributed by atoms with van der Waals surface area (Å²) in [6.45, 7) is 3.03. The highest BCUT2D eigenvalue weighted by molar-refractivity contribution is 7.97. The van der Waals surface area contributed by atoms with Crippen molar-refractivity contribution < 1.29 is 30.8 Å². The second-order valence-electron chi connectivity index (χ2n) is 5.84. The Hall–Kier alpha value is -1.58. The first-order valence-electron chi connectivity index (χ1n) is 6.97. The predicted octanol–water partition coefficient (Wildman–Crippen LogP) is 4.10. The average Bonchev–Trinajstić information content (AvgIpc) is 2.85. The number of benzene rings is 1. The van der Waals surface area contributed by atoms with E-state index in [2.05, 4.69) is 5.48 Å². The molecule has 0 aliphatic carbocycles. The molecule has 4 nitrogen and oxygen atoms in total. The van der Waals surface area contributed by atoms with E-state index < -0.39 is 54.4 Å². The summed E-state index contributed by atoms with van der Waals surface area (Å²) in [5.74, 6) is -2.55. The Balaban J connectivity index is 2.71. The molecule has 0 radical (unpaired) electrons. The van der Waals surface area contributed by atoms with Crippen molar-refractivity contribution >= 4 is 21.4 Å². The maximum atomic E-state index is 14.2. The zero-order chi connectivity index (χ0) is 19.0. The average molecular weight is 400 g/mol. The summed E-state index contributed by atoms with van der Waals surface area (Å²) in [5.41, 5.74) is 0.0381. The van der Waals surface area contributed by atoms with Gasteiger partial charge in [0.15, 0.2) is 9.24 Å². The van der Waals surface area contributed by atoms with Gasteiger partial charge in [0.2, 0.25) is 9.84 Å². The van der Waals surface area contributed by atoms with E-state index in [1.54, 1.807) is 0 Å². The van der Waals surface area contributed by atoms with Gasteiger partial charge < -0.3 is 0 Å². The molecule has 1 aliphatic rings. The number of rotatable bonds is 5. The number of hydroxylamine groups is 1. The van der Waals surface area contributed by atoms with Crippen molar-refractivity contribution in [3.63, 3.8) is 0 Å². The number of nitrogens with one attached hydrogen (secondary N) is 1. The molecule has 25 heavy (non-hydrogen) atoms. The third kappa shape index (κ3) is 3.68. The van der Waals surface area contributed by atoms with E-state index >= 15 is 0 Å². The molecular formula is C15H14ClF4NO3S. The minimum absolute atomic E-state index is 0.192. The molecule has 0 amide bonds. The summed E-state index contributed by atoms with van der Waals surface area (Å²) in [5, 5.41) is -0.567. The lowest BCUT2D eigenvalue weighted by molar-refractivity contribution is -0.0130. The summed E-state index contributed by atoms with van der Waals surface area (Å²) >= 11 is 6.10. The van der Waals surface area contributed by atoms with Crippen molar-refractivity contribution in [3.05, 3.63) is 58.7 Å². The predicted molar refractivity (Wildman–Crippen MR) is 84.1 cm³/mol. The Bertz CT molecular complexity index is 830. The van der Waals surface area contributed by atoms with Crippen LogP contribution in [0, 0.1) is 11.6 Å². The fourth-order valence-corrected chi connectivity index (χ4v) is 4.48. The first kappa shape index (κ1) is 19.7. The first-order chi connectivity index (χ1) is 11.4. The van der Waals surface area contributed by atoms with Crippen LogP contribution in [0.1, 0.15) is 25.8 Å². The number of allylic oxidation sites excluding steroid dienone is 1. The molecule has 0 saturated heterocycles. The lowest BCUT2D eigenvalue weighted by Gasteiger charge is -2.27. The molecule has 1 atom stereocenters. The van der Waals surface area contributed by atoms with Crippen molar-refractivity contribution in [1.82, 2.24) is 5.48 Å². The molecule has 138 valence electrons. The van der Waals surface area contributed by atoms with E-state index in [4.69, 9.17) is 16.4 Å². The van der Waals surface area contributed by atoms with Crippen LogP contribution in [0.25, 0.3) is 0 Å². The molecule has 0 fully saturated rings. The van der Waals surface area contributed by atoms with E-state index in [9.17, 15) is 26.0 Å².